The zero-order chi connectivity index (χ0) is 31.3. The first-order valence-corrected chi connectivity index (χ1v) is 14.3. The van der Waals surface area contributed by atoms with E-state index in [-0.39, 0.29) is 17.5 Å². The molecule has 1 heterocycles. The van der Waals surface area contributed by atoms with Crippen molar-refractivity contribution in [3.05, 3.63) is 119 Å². The molecule has 0 aliphatic carbocycles. The summed E-state index contributed by atoms with van der Waals surface area (Å²) in [6.45, 7) is 4.59. The van der Waals surface area contributed by atoms with Crippen LogP contribution in [-0.2, 0) is 6.18 Å². The lowest BCUT2D eigenvalue weighted by molar-refractivity contribution is -0.137. The second-order valence-electron chi connectivity index (χ2n) is 10.5. The lowest BCUT2D eigenvalue weighted by Gasteiger charge is -2.38. The molecule has 1 saturated heterocycles. The molecule has 0 saturated carbocycles. The molecule has 5 rings (SSSR count). The van der Waals surface area contributed by atoms with Gasteiger partial charge in [-0.05, 0) is 67.1 Å². The van der Waals surface area contributed by atoms with Gasteiger partial charge in [-0.25, -0.2) is 0 Å². The Morgan fingerprint density at radius 3 is 2.02 bits per heavy atom. The second kappa shape index (κ2) is 13.1. The molecule has 1 atom stereocenters. The Hall–Kier alpha value is -4.99. The molecule has 2 N–H and O–H groups in total. The van der Waals surface area contributed by atoms with Crippen molar-refractivity contribution in [1.29, 1.82) is 0 Å². The van der Waals surface area contributed by atoms with Crippen LogP contribution in [0.2, 0.25) is 0 Å². The molecule has 0 aromatic heterocycles. The lowest BCUT2D eigenvalue weighted by Crippen LogP contribution is -2.47. The van der Waals surface area contributed by atoms with E-state index >= 15 is 0 Å². The Balaban J connectivity index is 1.38. The number of halogens is 3. The standard InChI is InChI=1S/C34H33F3N4O3/c1-23(24-8-4-3-5-9-24)38-33(43)28-22-27(39-32(42)25-12-14-26(15-13-25)34(35,36)37)16-17-29(28)40-18-20-41(21-19-40)30-10-6-7-11-31(30)44-2/h3-17,22-23H,18-21H2,1-2H3,(H,38,43)(H,39,42). The largest absolute Gasteiger partial charge is 0.495 e. The Kier molecular flexibility index (Phi) is 9.08. The number of ether oxygens (including phenoxy) is 1. The van der Waals surface area contributed by atoms with Gasteiger partial charge in [0.15, 0.2) is 0 Å². The number of carbonyl (C=O) groups excluding carboxylic acids is 2. The molecule has 228 valence electrons. The van der Waals surface area contributed by atoms with Crippen LogP contribution in [0, 0.1) is 0 Å². The topological polar surface area (TPSA) is 73.9 Å². The SMILES string of the molecule is COc1ccccc1N1CCN(c2ccc(NC(=O)c3ccc(C(F)(F)F)cc3)cc2C(=O)NC(C)c2ccccc2)CC1. The third kappa shape index (κ3) is 6.96. The van der Waals surface area contributed by atoms with Gasteiger partial charge in [-0.3, -0.25) is 9.59 Å². The Labute approximate surface area is 254 Å². The summed E-state index contributed by atoms with van der Waals surface area (Å²) in [6.07, 6.45) is -4.50. The molecular formula is C34H33F3N4O3. The summed E-state index contributed by atoms with van der Waals surface area (Å²) in [4.78, 5) is 31.0. The summed E-state index contributed by atoms with van der Waals surface area (Å²) in [5.41, 5.74) is 2.63. The molecule has 1 fully saturated rings. The van der Waals surface area contributed by atoms with Crippen molar-refractivity contribution in [2.75, 3.05) is 48.4 Å². The zero-order valence-corrected chi connectivity index (χ0v) is 24.4. The van der Waals surface area contributed by atoms with Gasteiger partial charge >= 0.3 is 6.18 Å². The number of para-hydroxylation sites is 2. The average molecular weight is 603 g/mol. The molecule has 0 spiro atoms. The van der Waals surface area contributed by atoms with E-state index in [9.17, 15) is 22.8 Å². The fourth-order valence-electron chi connectivity index (χ4n) is 5.26. The number of nitrogens with zero attached hydrogens (tertiary/aromatic N) is 2. The molecule has 10 heteroatoms. The summed E-state index contributed by atoms with van der Waals surface area (Å²) in [7, 11) is 1.65. The number of amides is 2. The van der Waals surface area contributed by atoms with E-state index in [1.165, 1.54) is 0 Å². The van der Waals surface area contributed by atoms with Gasteiger partial charge in [0.1, 0.15) is 5.75 Å². The van der Waals surface area contributed by atoms with Crippen LogP contribution >= 0.6 is 0 Å². The van der Waals surface area contributed by atoms with Crippen molar-refractivity contribution in [2.45, 2.75) is 19.1 Å². The number of anilines is 3. The van der Waals surface area contributed by atoms with Crippen LogP contribution in [0.3, 0.4) is 0 Å². The molecule has 0 bridgehead atoms. The summed E-state index contributed by atoms with van der Waals surface area (Å²) in [6, 6.07) is 26.2. The maximum absolute atomic E-state index is 13.7. The number of hydrogen-bond acceptors (Lipinski definition) is 5. The zero-order valence-electron chi connectivity index (χ0n) is 24.4. The highest BCUT2D eigenvalue weighted by Gasteiger charge is 2.30. The fourth-order valence-corrected chi connectivity index (χ4v) is 5.26. The van der Waals surface area contributed by atoms with Crippen LogP contribution in [0.5, 0.6) is 5.75 Å². The van der Waals surface area contributed by atoms with Crippen LogP contribution in [0.15, 0.2) is 97.1 Å². The first kappa shape index (κ1) is 30.5. The van der Waals surface area contributed by atoms with Gasteiger partial charge in [0.05, 0.1) is 30.0 Å². The number of methoxy groups -OCH3 is 1. The number of benzene rings is 4. The molecule has 7 nitrogen and oxygen atoms in total. The van der Waals surface area contributed by atoms with E-state index in [1.54, 1.807) is 25.3 Å². The van der Waals surface area contributed by atoms with Crippen LogP contribution in [-0.4, -0.2) is 45.1 Å². The highest BCUT2D eigenvalue weighted by molar-refractivity contribution is 6.06. The minimum atomic E-state index is -4.50. The first-order valence-electron chi connectivity index (χ1n) is 14.3. The molecule has 4 aromatic carbocycles. The van der Waals surface area contributed by atoms with Crippen molar-refractivity contribution in [3.8, 4) is 5.75 Å². The van der Waals surface area contributed by atoms with E-state index < -0.39 is 17.6 Å². The van der Waals surface area contributed by atoms with Gasteiger partial charge < -0.3 is 25.2 Å². The van der Waals surface area contributed by atoms with Gasteiger partial charge in [0.25, 0.3) is 11.8 Å². The van der Waals surface area contributed by atoms with Crippen LogP contribution in [0.1, 0.15) is 44.8 Å². The van der Waals surface area contributed by atoms with Crippen LogP contribution in [0.4, 0.5) is 30.2 Å². The smallest absolute Gasteiger partial charge is 0.416 e. The van der Waals surface area contributed by atoms with Gasteiger partial charge in [-0.1, -0.05) is 42.5 Å². The summed E-state index contributed by atoms with van der Waals surface area (Å²) >= 11 is 0. The predicted molar refractivity (Wildman–Crippen MR) is 166 cm³/mol. The summed E-state index contributed by atoms with van der Waals surface area (Å²) in [5.74, 6) is -0.0980. The van der Waals surface area contributed by atoms with Crippen molar-refractivity contribution in [2.24, 2.45) is 0 Å². The van der Waals surface area contributed by atoms with Crippen LogP contribution in [0.25, 0.3) is 0 Å². The van der Waals surface area contributed by atoms with E-state index in [1.807, 2.05) is 61.5 Å². The maximum Gasteiger partial charge on any atom is 0.416 e. The van der Waals surface area contributed by atoms with E-state index in [2.05, 4.69) is 20.4 Å². The molecule has 1 aliphatic heterocycles. The van der Waals surface area contributed by atoms with E-state index in [0.717, 1.165) is 47.0 Å². The normalized spacial score (nSPS) is 14.1. The molecule has 1 unspecified atom stereocenters. The summed E-state index contributed by atoms with van der Waals surface area (Å²) < 4.78 is 44.4. The Morgan fingerprint density at radius 1 is 0.773 bits per heavy atom. The number of carbonyl (C=O) groups is 2. The quantitative estimate of drug-likeness (QED) is 0.233. The lowest BCUT2D eigenvalue weighted by atomic mass is 10.1. The number of piperazine rings is 1. The first-order chi connectivity index (χ1) is 21.1. The third-order valence-corrected chi connectivity index (χ3v) is 7.67. The van der Waals surface area contributed by atoms with Gasteiger partial charge in [-0.2, -0.15) is 13.2 Å². The number of rotatable bonds is 8. The maximum atomic E-state index is 13.7. The molecule has 4 aromatic rings. The highest BCUT2D eigenvalue weighted by Crippen LogP contribution is 2.32. The molecular weight excluding hydrogens is 569 g/mol. The highest BCUT2D eigenvalue weighted by atomic mass is 19.4. The van der Waals surface area contributed by atoms with Gasteiger partial charge in [0, 0.05) is 43.1 Å². The van der Waals surface area contributed by atoms with Crippen molar-refractivity contribution in [3.63, 3.8) is 0 Å². The molecule has 1 aliphatic rings. The Bertz CT molecular complexity index is 1600. The minimum absolute atomic E-state index is 0.0678. The van der Waals surface area contributed by atoms with Gasteiger partial charge in [0.2, 0.25) is 0 Å². The fraction of sp³-hybridized carbons (Fsp3) is 0.235. The van der Waals surface area contributed by atoms with Gasteiger partial charge in [-0.15, -0.1) is 0 Å². The monoisotopic (exact) mass is 602 g/mol. The van der Waals surface area contributed by atoms with E-state index in [4.69, 9.17) is 4.74 Å². The van der Waals surface area contributed by atoms with Crippen molar-refractivity contribution >= 4 is 28.9 Å². The molecule has 44 heavy (non-hydrogen) atoms. The third-order valence-electron chi connectivity index (χ3n) is 7.67. The van der Waals surface area contributed by atoms with Crippen LogP contribution < -0.4 is 25.2 Å². The number of alkyl halides is 3. The number of hydrogen-bond donors (Lipinski definition) is 2. The predicted octanol–water partition coefficient (Wildman–Crippen LogP) is 6.78. The van der Waals surface area contributed by atoms with Crippen molar-refractivity contribution < 1.29 is 27.5 Å². The Morgan fingerprint density at radius 2 is 1.39 bits per heavy atom. The molecule has 0 radical (unpaired) electrons. The average Bonchev–Trinajstić information content (AvgIpc) is 3.04. The molecule has 2 amide bonds. The van der Waals surface area contributed by atoms with Crippen molar-refractivity contribution in [1.82, 2.24) is 5.32 Å². The minimum Gasteiger partial charge on any atom is -0.495 e. The van der Waals surface area contributed by atoms with E-state index in [0.29, 0.717) is 37.4 Å². The number of nitrogens with one attached hydrogen (secondary N) is 2. The summed E-state index contributed by atoms with van der Waals surface area (Å²) in [5, 5.41) is 5.79. The second-order valence-corrected chi connectivity index (χ2v) is 10.5.